The van der Waals surface area contributed by atoms with Gasteiger partial charge in [-0.1, -0.05) is 11.6 Å². The summed E-state index contributed by atoms with van der Waals surface area (Å²) in [5.41, 5.74) is 0.530. The van der Waals surface area contributed by atoms with Gasteiger partial charge in [-0.2, -0.15) is 5.10 Å². The summed E-state index contributed by atoms with van der Waals surface area (Å²) in [7, 11) is 0. The molecule has 0 fully saturated rings. The van der Waals surface area contributed by atoms with E-state index in [9.17, 15) is 10.1 Å². The first-order valence-corrected chi connectivity index (χ1v) is 4.92. The number of benzene rings is 1. The molecule has 0 saturated carbocycles. The Morgan fingerprint density at radius 2 is 2.31 bits per heavy atom. The van der Waals surface area contributed by atoms with Crippen LogP contribution in [0.3, 0.4) is 0 Å². The summed E-state index contributed by atoms with van der Waals surface area (Å²) in [6, 6.07) is 2.90. The van der Waals surface area contributed by atoms with E-state index in [1.807, 2.05) is 0 Å². The number of aliphatic hydroxyl groups is 1. The number of nitro benzene ring substituents is 1. The predicted octanol–water partition coefficient (Wildman–Crippen LogP) is 1.59. The molecule has 0 spiro atoms. The molecule has 1 N–H and O–H groups in total. The lowest BCUT2D eigenvalue weighted by atomic mass is 10.2. The van der Waals surface area contributed by atoms with Crippen LogP contribution in [-0.4, -0.2) is 26.4 Å². The maximum absolute atomic E-state index is 10.7. The van der Waals surface area contributed by atoms with Gasteiger partial charge in [-0.15, -0.1) is 0 Å². The lowest BCUT2D eigenvalue weighted by Crippen LogP contribution is -2.03. The van der Waals surface area contributed by atoms with Gasteiger partial charge in [0.25, 0.3) is 5.69 Å². The molecule has 84 valence electrons. The fourth-order valence-corrected chi connectivity index (χ4v) is 1.80. The van der Waals surface area contributed by atoms with Gasteiger partial charge in [0, 0.05) is 11.5 Å². The van der Waals surface area contributed by atoms with Crippen molar-refractivity contribution < 1.29 is 10.0 Å². The van der Waals surface area contributed by atoms with Gasteiger partial charge in [0.05, 0.1) is 29.8 Å². The Hall–Kier alpha value is -1.66. The Morgan fingerprint density at radius 1 is 1.56 bits per heavy atom. The maximum atomic E-state index is 10.7. The van der Waals surface area contributed by atoms with Crippen LogP contribution in [0.5, 0.6) is 0 Å². The third-order valence-electron chi connectivity index (χ3n) is 2.25. The highest BCUT2D eigenvalue weighted by atomic mass is 35.5. The molecule has 1 aromatic carbocycles. The van der Waals surface area contributed by atoms with E-state index in [4.69, 9.17) is 16.7 Å². The number of aliphatic hydroxyl groups excluding tert-OH is 1. The Kier molecular flexibility index (Phi) is 2.76. The minimum Gasteiger partial charge on any atom is -0.394 e. The fourth-order valence-electron chi connectivity index (χ4n) is 1.52. The molecule has 1 heterocycles. The van der Waals surface area contributed by atoms with Gasteiger partial charge >= 0.3 is 0 Å². The zero-order chi connectivity index (χ0) is 11.7. The van der Waals surface area contributed by atoms with Crippen molar-refractivity contribution in [1.82, 2.24) is 9.78 Å². The van der Waals surface area contributed by atoms with E-state index in [2.05, 4.69) is 5.10 Å². The zero-order valence-electron chi connectivity index (χ0n) is 8.13. The van der Waals surface area contributed by atoms with Gasteiger partial charge in [0.15, 0.2) is 0 Å². The molecule has 2 aromatic rings. The van der Waals surface area contributed by atoms with Gasteiger partial charge in [0.2, 0.25) is 0 Å². The van der Waals surface area contributed by atoms with Crippen molar-refractivity contribution in [2.45, 2.75) is 6.54 Å². The average Bonchev–Trinajstić information content (AvgIpc) is 2.63. The van der Waals surface area contributed by atoms with Crippen LogP contribution in [0.4, 0.5) is 5.69 Å². The van der Waals surface area contributed by atoms with Gasteiger partial charge in [-0.25, -0.2) is 0 Å². The van der Waals surface area contributed by atoms with E-state index < -0.39 is 4.92 Å². The molecule has 1 aromatic heterocycles. The van der Waals surface area contributed by atoms with Crippen LogP contribution >= 0.6 is 11.6 Å². The minimum atomic E-state index is -0.537. The highest BCUT2D eigenvalue weighted by molar-refractivity contribution is 6.37. The van der Waals surface area contributed by atoms with Crippen molar-refractivity contribution in [1.29, 1.82) is 0 Å². The van der Waals surface area contributed by atoms with Crippen molar-refractivity contribution >= 4 is 28.2 Å². The molecule has 16 heavy (non-hydrogen) atoms. The minimum absolute atomic E-state index is 0.0502. The Bertz CT molecular complexity index is 552. The quantitative estimate of drug-likeness (QED) is 0.654. The average molecular weight is 242 g/mol. The van der Waals surface area contributed by atoms with Crippen LogP contribution < -0.4 is 0 Å². The summed E-state index contributed by atoms with van der Waals surface area (Å²) in [4.78, 5) is 10.1. The molecule has 6 nitrogen and oxygen atoms in total. The van der Waals surface area contributed by atoms with Crippen LogP contribution in [0, 0.1) is 10.1 Å². The third kappa shape index (κ3) is 1.62. The molecule has 0 atom stereocenters. The predicted molar refractivity (Wildman–Crippen MR) is 58.5 cm³/mol. The Balaban J connectivity index is 2.64. The summed E-state index contributed by atoms with van der Waals surface area (Å²) in [5.74, 6) is 0. The molecular weight excluding hydrogens is 234 g/mol. The van der Waals surface area contributed by atoms with E-state index in [1.165, 1.54) is 12.3 Å². The molecule has 7 heteroatoms. The van der Waals surface area contributed by atoms with Gasteiger partial charge in [-0.05, 0) is 6.07 Å². The third-order valence-corrected chi connectivity index (χ3v) is 2.65. The van der Waals surface area contributed by atoms with Crippen LogP contribution in [0.2, 0.25) is 5.02 Å². The lowest BCUT2D eigenvalue weighted by Gasteiger charge is -2.01. The Labute approximate surface area is 95.2 Å². The summed E-state index contributed by atoms with van der Waals surface area (Å²) in [6.45, 7) is 0.281. The molecule has 0 aliphatic heterocycles. The SMILES string of the molecule is O=[N+]([O-])c1ccc2c(cnn2CCO)c1Cl. The first-order valence-electron chi connectivity index (χ1n) is 4.54. The normalized spacial score (nSPS) is 10.9. The number of hydrogen-bond donors (Lipinski definition) is 1. The number of nitro groups is 1. The van der Waals surface area contributed by atoms with Crippen molar-refractivity contribution in [3.05, 3.63) is 33.5 Å². The van der Waals surface area contributed by atoms with Crippen LogP contribution in [0.15, 0.2) is 18.3 Å². The van der Waals surface area contributed by atoms with Gasteiger partial charge < -0.3 is 5.11 Å². The number of halogens is 1. The van der Waals surface area contributed by atoms with Crippen LogP contribution in [-0.2, 0) is 6.54 Å². The molecule has 0 radical (unpaired) electrons. The molecule has 0 unspecified atom stereocenters. The Morgan fingerprint density at radius 3 is 2.94 bits per heavy atom. The van der Waals surface area contributed by atoms with E-state index in [0.717, 1.165) is 0 Å². The molecule has 0 aliphatic carbocycles. The van der Waals surface area contributed by atoms with Crippen LogP contribution in [0.25, 0.3) is 10.9 Å². The first kappa shape index (κ1) is 10.8. The number of rotatable bonds is 3. The van der Waals surface area contributed by atoms with E-state index in [-0.39, 0.29) is 17.3 Å². The summed E-state index contributed by atoms with van der Waals surface area (Å²) >= 11 is 5.89. The number of fused-ring (bicyclic) bond motifs is 1. The first-order chi connectivity index (χ1) is 7.65. The number of nitrogens with zero attached hydrogens (tertiary/aromatic N) is 3. The van der Waals surface area contributed by atoms with Crippen LogP contribution in [0.1, 0.15) is 0 Å². The van der Waals surface area contributed by atoms with E-state index in [0.29, 0.717) is 17.4 Å². The monoisotopic (exact) mass is 241 g/mol. The van der Waals surface area contributed by atoms with Crippen molar-refractivity contribution in [3.63, 3.8) is 0 Å². The molecule has 0 amide bonds. The second-order valence-electron chi connectivity index (χ2n) is 3.18. The molecule has 0 saturated heterocycles. The summed E-state index contributed by atoms with van der Waals surface area (Å²) in [5, 5.41) is 24.0. The molecule has 0 aliphatic rings. The van der Waals surface area contributed by atoms with E-state index >= 15 is 0 Å². The lowest BCUT2D eigenvalue weighted by molar-refractivity contribution is -0.384. The standard InChI is InChI=1S/C9H8ClN3O3/c10-9-6-5-11-12(3-4-14)7(6)1-2-8(9)13(15)16/h1-2,5,14H,3-4H2. The molecule has 0 bridgehead atoms. The van der Waals surface area contributed by atoms with Gasteiger partial charge in [-0.3, -0.25) is 14.8 Å². The van der Waals surface area contributed by atoms with E-state index in [1.54, 1.807) is 10.7 Å². The van der Waals surface area contributed by atoms with Crippen molar-refractivity contribution in [2.24, 2.45) is 0 Å². The second-order valence-corrected chi connectivity index (χ2v) is 3.56. The summed E-state index contributed by atoms with van der Waals surface area (Å²) in [6.07, 6.45) is 1.46. The molecular formula is C9H8ClN3O3. The van der Waals surface area contributed by atoms with Crippen molar-refractivity contribution in [2.75, 3.05) is 6.61 Å². The molecule has 2 rings (SSSR count). The highest BCUT2D eigenvalue weighted by Crippen LogP contribution is 2.32. The largest absolute Gasteiger partial charge is 0.394 e. The summed E-state index contributed by atoms with van der Waals surface area (Å²) < 4.78 is 1.55. The number of aromatic nitrogens is 2. The van der Waals surface area contributed by atoms with Gasteiger partial charge in [0.1, 0.15) is 5.02 Å². The topological polar surface area (TPSA) is 81.2 Å². The fraction of sp³-hybridized carbons (Fsp3) is 0.222. The second kappa shape index (κ2) is 4.07. The number of hydrogen-bond acceptors (Lipinski definition) is 4. The zero-order valence-corrected chi connectivity index (χ0v) is 8.89. The highest BCUT2D eigenvalue weighted by Gasteiger charge is 2.17. The maximum Gasteiger partial charge on any atom is 0.288 e. The van der Waals surface area contributed by atoms with Crippen molar-refractivity contribution in [3.8, 4) is 0 Å². The smallest absolute Gasteiger partial charge is 0.288 e.